The van der Waals surface area contributed by atoms with Gasteiger partial charge in [-0.2, -0.15) is 0 Å². The number of amides is 1. The van der Waals surface area contributed by atoms with Crippen LogP contribution >= 0.6 is 12.2 Å². The van der Waals surface area contributed by atoms with Crippen molar-refractivity contribution >= 4 is 28.8 Å². The predicted octanol–water partition coefficient (Wildman–Crippen LogP) is 3.02. The molecule has 2 rings (SSSR count). The number of anilines is 1. The summed E-state index contributed by atoms with van der Waals surface area (Å²) in [6, 6.07) is 11.5. The van der Waals surface area contributed by atoms with E-state index in [4.69, 9.17) is 18.0 Å². The number of halogens is 1. The molecule has 2 aromatic rings. The van der Waals surface area contributed by atoms with Gasteiger partial charge >= 0.3 is 0 Å². The third-order valence-corrected chi connectivity index (χ3v) is 3.08. The van der Waals surface area contributed by atoms with Crippen molar-refractivity contribution in [2.75, 3.05) is 5.32 Å². The minimum absolute atomic E-state index is 0.00530. The largest absolute Gasteiger partial charge is 0.389 e. The summed E-state index contributed by atoms with van der Waals surface area (Å²) in [6.45, 7) is 1.61. The van der Waals surface area contributed by atoms with Crippen molar-refractivity contribution in [2.45, 2.75) is 6.92 Å². The molecule has 0 spiro atoms. The second-order valence-electron chi connectivity index (χ2n) is 4.34. The van der Waals surface area contributed by atoms with E-state index in [1.165, 1.54) is 6.07 Å². The molecule has 0 saturated heterocycles. The molecule has 1 amide bonds. The molecule has 0 aliphatic rings. The Kier molecular flexibility index (Phi) is 4.10. The van der Waals surface area contributed by atoms with E-state index in [1.54, 1.807) is 43.3 Å². The minimum Gasteiger partial charge on any atom is -0.389 e. The lowest BCUT2D eigenvalue weighted by molar-refractivity contribution is 0.102. The molecular formula is C15H13FN2OS. The summed E-state index contributed by atoms with van der Waals surface area (Å²) in [5.41, 5.74) is 7.11. The lowest BCUT2D eigenvalue weighted by atomic mass is 10.1. The van der Waals surface area contributed by atoms with Crippen molar-refractivity contribution in [1.29, 1.82) is 0 Å². The summed E-state index contributed by atoms with van der Waals surface area (Å²) in [4.78, 5) is 12.3. The Labute approximate surface area is 121 Å². The maximum absolute atomic E-state index is 13.9. The predicted molar refractivity (Wildman–Crippen MR) is 81.4 cm³/mol. The first kappa shape index (κ1) is 14.1. The van der Waals surface area contributed by atoms with Gasteiger partial charge in [-0.15, -0.1) is 0 Å². The number of carbonyl (C=O) groups excluding carboxylic acids is 1. The fraction of sp³-hybridized carbons (Fsp3) is 0.0667. The number of hydrogen-bond donors (Lipinski definition) is 2. The number of nitrogens with two attached hydrogens (primary N) is 1. The molecule has 0 fully saturated rings. The zero-order valence-corrected chi connectivity index (χ0v) is 11.6. The molecule has 0 atom stereocenters. The Morgan fingerprint density at radius 3 is 2.65 bits per heavy atom. The van der Waals surface area contributed by atoms with Crippen molar-refractivity contribution in [3.05, 3.63) is 65.0 Å². The Morgan fingerprint density at radius 1 is 1.25 bits per heavy atom. The van der Waals surface area contributed by atoms with Crippen LogP contribution in [0.25, 0.3) is 0 Å². The topological polar surface area (TPSA) is 55.1 Å². The normalized spacial score (nSPS) is 10.1. The average Bonchev–Trinajstić information content (AvgIpc) is 2.42. The summed E-state index contributed by atoms with van der Waals surface area (Å²) in [5.74, 6) is -1.03. The van der Waals surface area contributed by atoms with E-state index in [2.05, 4.69) is 5.32 Å². The second-order valence-corrected chi connectivity index (χ2v) is 4.78. The van der Waals surface area contributed by atoms with Crippen LogP contribution in [0, 0.1) is 12.7 Å². The molecule has 3 nitrogen and oxygen atoms in total. The van der Waals surface area contributed by atoms with Gasteiger partial charge in [0.25, 0.3) is 5.91 Å². The van der Waals surface area contributed by atoms with Crippen molar-refractivity contribution in [1.82, 2.24) is 0 Å². The number of hydrogen-bond acceptors (Lipinski definition) is 2. The van der Waals surface area contributed by atoms with Gasteiger partial charge in [-0.05, 0) is 30.7 Å². The molecule has 0 heterocycles. The second kappa shape index (κ2) is 5.79. The van der Waals surface area contributed by atoms with Crippen LogP contribution in [0.5, 0.6) is 0 Å². The lowest BCUT2D eigenvalue weighted by Gasteiger charge is -2.08. The zero-order valence-electron chi connectivity index (χ0n) is 10.8. The number of rotatable bonds is 3. The van der Waals surface area contributed by atoms with Crippen molar-refractivity contribution in [3.8, 4) is 0 Å². The highest BCUT2D eigenvalue weighted by atomic mass is 32.1. The van der Waals surface area contributed by atoms with Crippen LogP contribution in [0.3, 0.4) is 0 Å². The maximum Gasteiger partial charge on any atom is 0.258 e. The monoisotopic (exact) mass is 288 g/mol. The highest BCUT2D eigenvalue weighted by molar-refractivity contribution is 7.80. The van der Waals surface area contributed by atoms with E-state index in [0.717, 1.165) is 0 Å². The molecule has 0 aliphatic carbocycles. The molecule has 0 aromatic heterocycles. The van der Waals surface area contributed by atoms with Crippen LogP contribution in [-0.4, -0.2) is 10.9 Å². The Balaban J connectivity index is 2.26. The van der Waals surface area contributed by atoms with Crippen LogP contribution in [0.2, 0.25) is 0 Å². The van der Waals surface area contributed by atoms with E-state index >= 15 is 0 Å². The van der Waals surface area contributed by atoms with E-state index in [9.17, 15) is 9.18 Å². The molecule has 0 saturated carbocycles. The molecule has 0 unspecified atom stereocenters. The molecule has 0 bridgehead atoms. The molecule has 0 aliphatic heterocycles. The fourth-order valence-electron chi connectivity index (χ4n) is 1.77. The van der Waals surface area contributed by atoms with Crippen LogP contribution in [-0.2, 0) is 0 Å². The molecule has 20 heavy (non-hydrogen) atoms. The molecule has 3 N–H and O–H groups in total. The lowest BCUT2D eigenvalue weighted by Crippen LogP contribution is -2.15. The van der Waals surface area contributed by atoms with Gasteiger partial charge < -0.3 is 11.1 Å². The van der Waals surface area contributed by atoms with Gasteiger partial charge in [0.1, 0.15) is 10.8 Å². The first-order valence-corrected chi connectivity index (χ1v) is 6.36. The zero-order chi connectivity index (χ0) is 14.7. The number of carbonyl (C=O) groups is 1. The van der Waals surface area contributed by atoms with E-state index in [1.807, 2.05) is 0 Å². The minimum atomic E-state index is -0.518. The number of thiocarbonyl (C=S) groups is 1. The van der Waals surface area contributed by atoms with E-state index in [-0.39, 0.29) is 10.6 Å². The number of nitrogens with one attached hydrogen (secondary N) is 1. The summed E-state index contributed by atoms with van der Waals surface area (Å²) in [5, 5.41) is 2.63. The van der Waals surface area contributed by atoms with Crippen LogP contribution < -0.4 is 11.1 Å². The van der Waals surface area contributed by atoms with Crippen molar-refractivity contribution < 1.29 is 9.18 Å². The van der Waals surface area contributed by atoms with E-state index in [0.29, 0.717) is 16.8 Å². The van der Waals surface area contributed by atoms with Crippen molar-refractivity contribution in [2.24, 2.45) is 5.73 Å². The molecular weight excluding hydrogens is 275 g/mol. The smallest absolute Gasteiger partial charge is 0.258 e. The third kappa shape index (κ3) is 3.00. The van der Waals surface area contributed by atoms with Gasteiger partial charge in [0.05, 0.1) is 5.56 Å². The first-order valence-electron chi connectivity index (χ1n) is 5.95. The van der Waals surface area contributed by atoms with Crippen LogP contribution in [0.4, 0.5) is 10.1 Å². The maximum atomic E-state index is 13.9. The fourth-order valence-corrected chi connectivity index (χ4v) is 1.90. The van der Waals surface area contributed by atoms with Gasteiger partial charge in [0.15, 0.2) is 0 Å². The Hall–Kier alpha value is -2.27. The highest BCUT2D eigenvalue weighted by Crippen LogP contribution is 2.16. The first-order chi connectivity index (χ1) is 9.49. The number of benzene rings is 2. The SMILES string of the molecule is Cc1cccc(C(=O)Nc2cccc(C(N)=S)c2)c1F. The number of aryl methyl sites for hydroxylation is 1. The third-order valence-electron chi connectivity index (χ3n) is 2.84. The standard InChI is InChI=1S/C15H13FN2OS/c1-9-4-2-7-12(13(9)16)15(19)18-11-6-3-5-10(8-11)14(17)20/h2-8H,1H3,(H2,17,20)(H,18,19). The van der Waals surface area contributed by atoms with Gasteiger partial charge in [-0.3, -0.25) is 4.79 Å². The Morgan fingerprint density at radius 2 is 1.95 bits per heavy atom. The quantitative estimate of drug-likeness (QED) is 0.854. The summed E-state index contributed by atoms with van der Waals surface area (Å²) >= 11 is 4.87. The van der Waals surface area contributed by atoms with Gasteiger partial charge in [0, 0.05) is 11.3 Å². The Bertz CT molecular complexity index is 685. The van der Waals surface area contributed by atoms with E-state index < -0.39 is 11.7 Å². The van der Waals surface area contributed by atoms with Crippen LogP contribution in [0.15, 0.2) is 42.5 Å². The summed E-state index contributed by atoms with van der Waals surface area (Å²) in [6.07, 6.45) is 0. The van der Waals surface area contributed by atoms with Gasteiger partial charge in [0.2, 0.25) is 0 Å². The summed E-state index contributed by atoms with van der Waals surface area (Å²) in [7, 11) is 0. The van der Waals surface area contributed by atoms with Crippen LogP contribution in [0.1, 0.15) is 21.5 Å². The van der Waals surface area contributed by atoms with Crippen molar-refractivity contribution in [3.63, 3.8) is 0 Å². The van der Waals surface area contributed by atoms with Gasteiger partial charge in [-0.25, -0.2) is 4.39 Å². The molecule has 102 valence electrons. The average molecular weight is 288 g/mol. The molecule has 0 radical (unpaired) electrons. The van der Waals surface area contributed by atoms with Gasteiger partial charge in [-0.1, -0.05) is 36.5 Å². The molecule has 2 aromatic carbocycles. The highest BCUT2D eigenvalue weighted by Gasteiger charge is 2.13. The molecule has 5 heteroatoms. The summed E-state index contributed by atoms with van der Waals surface area (Å²) < 4.78 is 13.9.